The predicted molar refractivity (Wildman–Crippen MR) is 464 cm³/mol. The minimum Gasteiger partial charge on any atom is -0.462 e. The van der Waals surface area contributed by atoms with E-state index in [1.807, 2.05) is 21.1 Å². The Bertz CT molecular complexity index is 2020. The molecular weight excluding hydrogens is 1330 g/mol. The maximum atomic E-state index is 13.0. The van der Waals surface area contributed by atoms with Crippen molar-refractivity contribution in [2.45, 2.75) is 482 Å². The fourth-order valence-electron chi connectivity index (χ4n) is 14.2. The first-order chi connectivity index (χ1) is 52.0. The Kier molecular flexibility index (Phi) is 84.4. The molecule has 0 aromatic heterocycles. The first-order valence-corrected chi connectivity index (χ1v) is 48.2. The molecule has 0 aliphatic heterocycles. The summed E-state index contributed by atoms with van der Waals surface area (Å²) in [5.41, 5.74) is 0. The van der Waals surface area contributed by atoms with E-state index >= 15 is 0 Å². The van der Waals surface area contributed by atoms with Crippen molar-refractivity contribution in [1.29, 1.82) is 0 Å². The molecule has 2 atom stereocenters. The van der Waals surface area contributed by atoms with Crippen LogP contribution in [0.3, 0.4) is 0 Å². The third-order valence-electron chi connectivity index (χ3n) is 21.2. The lowest BCUT2D eigenvalue weighted by Gasteiger charge is -2.24. The molecule has 0 saturated heterocycles. The summed E-state index contributed by atoms with van der Waals surface area (Å²) in [6, 6.07) is 0. The molecule has 0 aliphatic carbocycles. The number of ether oxygens (including phenoxy) is 2. The van der Waals surface area contributed by atoms with E-state index in [9.17, 15) is 19.0 Å². The van der Waals surface area contributed by atoms with Crippen LogP contribution in [0.15, 0.2) is 72.9 Å². The molecule has 0 aromatic carbocycles. The van der Waals surface area contributed by atoms with E-state index in [0.29, 0.717) is 23.9 Å². The highest BCUT2D eigenvalue weighted by molar-refractivity contribution is 7.47. The number of unbranched alkanes of at least 4 members (excludes halogenated alkanes) is 62. The fourth-order valence-corrected chi connectivity index (χ4v) is 14.9. The number of quaternary nitrogens is 1. The highest BCUT2D eigenvalue weighted by Crippen LogP contribution is 2.43. The second kappa shape index (κ2) is 86.4. The lowest BCUT2D eigenvalue weighted by molar-refractivity contribution is -0.870. The van der Waals surface area contributed by atoms with Crippen molar-refractivity contribution < 1.29 is 42.1 Å². The molecule has 0 amide bonds. The average molecular weight is 1510 g/mol. The number of allylic oxidation sites excluding steroid dienone is 12. The summed E-state index contributed by atoms with van der Waals surface area (Å²) < 4.78 is 34.9. The molecule has 1 N–H and O–H groups in total. The number of phosphoric ester groups is 1. The maximum absolute atomic E-state index is 13.0. The molecule has 2 unspecified atom stereocenters. The van der Waals surface area contributed by atoms with Crippen LogP contribution in [0.25, 0.3) is 0 Å². The second-order valence-electron chi connectivity index (χ2n) is 33.0. The molecule has 0 heterocycles. The van der Waals surface area contributed by atoms with Gasteiger partial charge < -0.3 is 18.9 Å². The molecule has 0 spiro atoms. The molecule has 106 heavy (non-hydrogen) atoms. The number of carbonyl (C=O) groups is 2. The molecule has 0 radical (unpaired) electrons. The van der Waals surface area contributed by atoms with Gasteiger partial charge in [-0.2, -0.15) is 0 Å². The van der Waals surface area contributed by atoms with Crippen LogP contribution in [0.5, 0.6) is 0 Å². The molecule has 622 valence electrons. The number of likely N-dealkylation sites (N-methyl/N-ethyl adjacent to an activating group) is 1. The van der Waals surface area contributed by atoms with E-state index in [2.05, 4.69) is 86.8 Å². The summed E-state index contributed by atoms with van der Waals surface area (Å²) in [4.78, 5) is 36.1. The number of hydrogen-bond donors (Lipinski definition) is 1. The first kappa shape index (κ1) is 103. The number of esters is 2. The van der Waals surface area contributed by atoms with Gasteiger partial charge >= 0.3 is 19.8 Å². The lowest BCUT2D eigenvalue weighted by Crippen LogP contribution is -2.37. The van der Waals surface area contributed by atoms with E-state index in [1.54, 1.807) is 0 Å². The molecule has 9 nitrogen and oxygen atoms in total. The van der Waals surface area contributed by atoms with Gasteiger partial charge in [-0.25, -0.2) is 4.57 Å². The quantitative estimate of drug-likeness (QED) is 0.0211. The van der Waals surface area contributed by atoms with Crippen LogP contribution >= 0.6 is 7.82 Å². The van der Waals surface area contributed by atoms with Crippen molar-refractivity contribution in [2.75, 3.05) is 47.5 Å². The van der Waals surface area contributed by atoms with Gasteiger partial charge in [0.25, 0.3) is 0 Å². The van der Waals surface area contributed by atoms with Crippen molar-refractivity contribution in [3.05, 3.63) is 72.9 Å². The summed E-state index contributed by atoms with van der Waals surface area (Å²) >= 11 is 0. The van der Waals surface area contributed by atoms with Gasteiger partial charge in [0.05, 0.1) is 27.7 Å². The van der Waals surface area contributed by atoms with Crippen LogP contribution in [0.1, 0.15) is 476 Å². The zero-order valence-corrected chi connectivity index (χ0v) is 72.3. The maximum Gasteiger partial charge on any atom is 0.472 e. The van der Waals surface area contributed by atoms with E-state index in [4.69, 9.17) is 18.5 Å². The van der Waals surface area contributed by atoms with Gasteiger partial charge in [0.15, 0.2) is 6.10 Å². The number of carbonyl (C=O) groups excluding carboxylic acids is 2. The van der Waals surface area contributed by atoms with Crippen molar-refractivity contribution in [2.24, 2.45) is 0 Å². The van der Waals surface area contributed by atoms with Crippen molar-refractivity contribution in [1.82, 2.24) is 0 Å². The number of phosphoric acid groups is 1. The van der Waals surface area contributed by atoms with Gasteiger partial charge in [0.1, 0.15) is 19.8 Å². The van der Waals surface area contributed by atoms with Crippen molar-refractivity contribution in [3.63, 3.8) is 0 Å². The Morgan fingerprint density at radius 2 is 0.538 bits per heavy atom. The topological polar surface area (TPSA) is 108 Å². The summed E-state index contributed by atoms with van der Waals surface area (Å²) in [7, 11) is 1.50. The summed E-state index contributed by atoms with van der Waals surface area (Å²) in [6.07, 6.45) is 120. The Balaban J connectivity index is 3.82. The van der Waals surface area contributed by atoms with Gasteiger partial charge in [-0.15, -0.1) is 0 Å². The number of rotatable bonds is 88. The monoisotopic (exact) mass is 1510 g/mol. The third kappa shape index (κ3) is 90.3. The van der Waals surface area contributed by atoms with Crippen LogP contribution in [-0.2, 0) is 32.7 Å². The first-order valence-electron chi connectivity index (χ1n) is 46.7. The van der Waals surface area contributed by atoms with E-state index in [0.717, 1.165) is 64.2 Å². The molecule has 0 fully saturated rings. The molecule has 0 rings (SSSR count). The molecule has 0 saturated carbocycles. The van der Waals surface area contributed by atoms with Gasteiger partial charge in [-0.3, -0.25) is 18.6 Å². The summed E-state index contributed by atoms with van der Waals surface area (Å²) in [6.45, 7) is 4.40. The van der Waals surface area contributed by atoms with Crippen LogP contribution in [0.4, 0.5) is 0 Å². The summed E-state index contributed by atoms with van der Waals surface area (Å²) in [5.74, 6) is -0.769. The second-order valence-corrected chi connectivity index (χ2v) is 34.5. The lowest BCUT2D eigenvalue weighted by atomic mass is 10.0. The van der Waals surface area contributed by atoms with Crippen LogP contribution in [0, 0.1) is 0 Å². The molecule has 0 aromatic rings. The Morgan fingerprint density at radius 1 is 0.302 bits per heavy atom. The minimum absolute atomic E-state index is 0.0346. The Labute approximate surface area is 660 Å². The number of nitrogens with zero attached hydrogens (tertiary/aromatic N) is 1. The molecular formula is C96H181NO8P+. The van der Waals surface area contributed by atoms with Gasteiger partial charge in [0, 0.05) is 12.8 Å². The van der Waals surface area contributed by atoms with Gasteiger partial charge in [-0.1, -0.05) is 453 Å². The predicted octanol–water partition coefficient (Wildman–Crippen LogP) is 31.7. The van der Waals surface area contributed by atoms with Crippen molar-refractivity contribution >= 4 is 19.8 Å². The largest absolute Gasteiger partial charge is 0.472 e. The van der Waals surface area contributed by atoms with E-state index in [-0.39, 0.29) is 25.6 Å². The molecule has 0 bridgehead atoms. The van der Waals surface area contributed by atoms with Crippen LogP contribution in [0.2, 0.25) is 0 Å². The van der Waals surface area contributed by atoms with E-state index < -0.39 is 26.5 Å². The Hall–Kier alpha value is -2.55. The normalized spacial score (nSPS) is 13.2. The zero-order chi connectivity index (χ0) is 76.8. The average Bonchev–Trinajstić information content (AvgIpc) is 0.908. The van der Waals surface area contributed by atoms with E-state index in [1.165, 1.54) is 379 Å². The zero-order valence-electron chi connectivity index (χ0n) is 71.4. The highest BCUT2D eigenvalue weighted by atomic mass is 31.2. The standard InChI is InChI=1S/C96H180NO8P/c1-6-8-10-12-14-16-18-20-22-24-26-28-30-32-34-36-38-40-42-44-46-48-50-52-54-56-58-60-62-64-66-68-70-72-74-76-78-80-82-84-86-88-95(98)102-92-94(93-104-106(100,101)103-91-90-97(3,4)5)105-96(99)89-87-85-83-81-79-77-75-73-71-69-67-65-63-61-59-57-55-53-51-49-47-45-43-41-39-37-35-33-31-29-27-25-23-21-19-17-15-13-11-9-7-2/h9,11,15,17,21,23-24,26-27,29,33,35,94H,6-8,10,12-14,16,18-20,22,25,28,30-32,34,36-93H2,1-5H3/p+1/b11-9-,17-15-,23-21-,26-24-,29-27-,35-33-. The summed E-state index contributed by atoms with van der Waals surface area (Å²) in [5, 5.41) is 0. The molecule has 10 heteroatoms. The van der Waals surface area contributed by atoms with Crippen molar-refractivity contribution in [3.8, 4) is 0 Å². The third-order valence-corrected chi connectivity index (χ3v) is 22.2. The number of hydrogen-bond acceptors (Lipinski definition) is 7. The SMILES string of the molecule is CC/C=C\C/C=C\C/C=C\C/C=C\C/C=C\CCCCCCCCCCCCCCCCCCCCCCCCCCCC(=O)OC(COC(=O)CCCCCCCCCCCCCCCCCCCCCCCCCCCCCCC/C=C\CCCCCCCCCC)COP(=O)(O)OCC[N+](C)(C)C. The smallest absolute Gasteiger partial charge is 0.462 e. The van der Waals surface area contributed by atoms with Gasteiger partial charge in [-0.05, 0) is 83.5 Å². The Morgan fingerprint density at radius 3 is 0.811 bits per heavy atom. The van der Waals surface area contributed by atoms with Gasteiger partial charge in [0.2, 0.25) is 0 Å². The highest BCUT2D eigenvalue weighted by Gasteiger charge is 2.27. The van der Waals surface area contributed by atoms with Crippen LogP contribution < -0.4 is 0 Å². The fraction of sp³-hybridized carbons (Fsp3) is 0.854. The minimum atomic E-state index is -4.40. The molecule has 0 aliphatic rings. The van der Waals surface area contributed by atoms with Crippen LogP contribution in [-0.4, -0.2) is 74.9 Å².